The molecule has 0 radical (unpaired) electrons. The lowest BCUT2D eigenvalue weighted by molar-refractivity contribution is 0.571. The quantitative estimate of drug-likeness (QED) is 0.833. The molecular formula is C14H13BrF2N2. The van der Waals surface area contributed by atoms with Crippen LogP contribution in [0.25, 0.3) is 0 Å². The van der Waals surface area contributed by atoms with Crippen molar-refractivity contribution in [3.8, 4) is 0 Å². The summed E-state index contributed by atoms with van der Waals surface area (Å²) in [4.78, 5) is 4.07. The molecule has 0 bridgehead atoms. The standard InChI is InChI=1S/C14H13BrF2N2/c1-8-5-13(17)11(6-12(8)16)9(2)19-10-3-4-14(15)18-7-10/h3-7,9,19H,1-2H3. The van der Waals surface area contributed by atoms with Crippen LogP contribution < -0.4 is 5.32 Å². The predicted molar refractivity (Wildman–Crippen MR) is 75.1 cm³/mol. The van der Waals surface area contributed by atoms with Crippen LogP contribution in [0.3, 0.4) is 0 Å². The Balaban J connectivity index is 2.22. The van der Waals surface area contributed by atoms with Gasteiger partial charge in [0.25, 0.3) is 0 Å². The van der Waals surface area contributed by atoms with Gasteiger partial charge >= 0.3 is 0 Å². The number of halogens is 3. The van der Waals surface area contributed by atoms with Gasteiger partial charge in [-0.3, -0.25) is 0 Å². The van der Waals surface area contributed by atoms with Crippen molar-refractivity contribution >= 4 is 21.6 Å². The highest BCUT2D eigenvalue weighted by molar-refractivity contribution is 9.10. The Bertz CT molecular complexity index is 585. The first-order chi connectivity index (χ1) is 8.97. The van der Waals surface area contributed by atoms with Crippen molar-refractivity contribution in [1.82, 2.24) is 4.98 Å². The van der Waals surface area contributed by atoms with Gasteiger partial charge in [0.05, 0.1) is 17.9 Å². The third-order valence-corrected chi connectivity index (χ3v) is 3.32. The van der Waals surface area contributed by atoms with Crippen LogP contribution in [0, 0.1) is 18.6 Å². The summed E-state index contributed by atoms with van der Waals surface area (Å²) in [6.07, 6.45) is 1.63. The fourth-order valence-corrected chi connectivity index (χ4v) is 2.02. The molecule has 1 heterocycles. The van der Waals surface area contributed by atoms with Gasteiger partial charge < -0.3 is 5.32 Å². The Hall–Kier alpha value is -1.49. The van der Waals surface area contributed by atoms with Crippen LogP contribution in [0.1, 0.15) is 24.1 Å². The molecule has 100 valence electrons. The number of nitrogens with one attached hydrogen (secondary N) is 1. The molecule has 19 heavy (non-hydrogen) atoms. The molecule has 0 aliphatic heterocycles. The smallest absolute Gasteiger partial charge is 0.128 e. The van der Waals surface area contributed by atoms with E-state index in [1.54, 1.807) is 26.1 Å². The van der Waals surface area contributed by atoms with E-state index in [2.05, 4.69) is 26.2 Å². The predicted octanol–water partition coefficient (Wildman–Crippen LogP) is 4.60. The molecule has 1 unspecified atom stereocenters. The molecule has 0 spiro atoms. The lowest BCUT2D eigenvalue weighted by atomic mass is 10.0. The van der Waals surface area contributed by atoms with Crippen molar-refractivity contribution < 1.29 is 8.78 Å². The summed E-state index contributed by atoms with van der Waals surface area (Å²) in [5.41, 5.74) is 1.35. The SMILES string of the molecule is Cc1cc(F)c(C(C)Nc2ccc(Br)nc2)cc1F. The molecule has 1 aromatic heterocycles. The first-order valence-corrected chi connectivity index (χ1v) is 6.60. The number of benzene rings is 1. The van der Waals surface area contributed by atoms with Crippen LogP contribution in [-0.2, 0) is 0 Å². The molecule has 0 fully saturated rings. The number of anilines is 1. The highest BCUT2D eigenvalue weighted by atomic mass is 79.9. The van der Waals surface area contributed by atoms with Crippen LogP contribution >= 0.6 is 15.9 Å². The summed E-state index contributed by atoms with van der Waals surface area (Å²) in [5.74, 6) is -0.817. The largest absolute Gasteiger partial charge is 0.377 e. The molecule has 0 amide bonds. The van der Waals surface area contributed by atoms with Crippen molar-refractivity contribution in [1.29, 1.82) is 0 Å². The second-order valence-electron chi connectivity index (χ2n) is 4.36. The maximum absolute atomic E-state index is 13.8. The molecule has 0 saturated carbocycles. The highest BCUT2D eigenvalue weighted by Gasteiger charge is 2.13. The van der Waals surface area contributed by atoms with Crippen molar-refractivity contribution in [2.45, 2.75) is 19.9 Å². The number of hydrogen-bond donors (Lipinski definition) is 1. The van der Waals surface area contributed by atoms with Crippen LogP contribution in [0.2, 0.25) is 0 Å². The maximum Gasteiger partial charge on any atom is 0.128 e. The zero-order chi connectivity index (χ0) is 14.0. The van der Waals surface area contributed by atoms with Gasteiger partial charge in [-0.1, -0.05) is 0 Å². The zero-order valence-electron chi connectivity index (χ0n) is 10.5. The number of rotatable bonds is 3. The molecule has 1 aromatic carbocycles. The highest BCUT2D eigenvalue weighted by Crippen LogP contribution is 2.24. The Kier molecular flexibility index (Phi) is 4.14. The number of hydrogen-bond acceptors (Lipinski definition) is 2. The van der Waals surface area contributed by atoms with Crippen molar-refractivity contribution in [2.24, 2.45) is 0 Å². The summed E-state index contributed by atoms with van der Waals surface area (Å²) in [6.45, 7) is 3.31. The summed E-state index contributed by atoms with van der Waals surface area (Å²) in [6, 6.07) is 5.69. The minimum absolute atomic E-state index is 0.297. The molecule has 0 saturated heterocycles. The second-order valence-corrected chi connectivity index (χ2v) is 5.17. The van der Waals surface area contributed by atoms with Gasteiger partial charge in [-0.25, -0.2) is 13.8 Å². The van der Waals surface area contributed by atoms with E-state index < -0.39 is 11.6 Å². The molecular weight excluding hydrogens is 314 g/mol. The van der Waals surface area contributed by atoms with Crippen LogP contribution in [0.15, 0.2) is 35.1 Å². The third kappa shape index (κ3) is 3.29. The number of aromatic nitrogens is 1. The third-order valence-electron chi connectivity index (χ3n) is 2.86. The number of aryl methyl sites for hydroxylation is 1. The second kappa shape index (κ2) is 5.65. The first-order valence-electron chi connectivity index (χ1n) is 5.81. The molecule has 2 rings (SSSR count). The molecule has 0 aliphatic carbocycles. The van der Waals surface area contributed by atoms with Gasteiger partial charge in [0.15, 0.2) is 0 Å². The Morgan fingerprint density at radius 3 is 2.58 bits per heavy atom. The molecule has 0 aliphatic rings. The van der Waals surface area contributed by atoms with Crippen LogP contribution in [-0.4, -0.2) is 4.98 Å². The van der Waals surface area contributed by atoms with Gasteiger partial charge in [-0.05, 0) is 59.6 Å². The lowest BCUT2D eigenvalue weighted by Crippen LogP contribution is -2.09. The fraction of sp³-hybridized carbons (Fsp3) is 0.214. The zero-order valence-corrected chi connectivity index (χ0v) is 12.1. The Labute approximate surface area is 119 Å². The summed E-state index contributed by atoms with van der Waals surface area (Å²) in [5, 5.41) is 3.08. The van der Waals surface area contributed by atoms with Crippen molar-refractivity contribution in [3.63, 3.8) is 0 Å². The van der Waals surface area contributed by atoms with Gasteiger partial charge in [0.2, 0.25) is 0 Å². The van der Waals surface area contributed by atoms with E-state index >= 15 is 0 Å². The molecule has 1 N–H and O–H groups in total. The van der Waals surface area contributed by atoms with Gasteiger partial charge in [0, 0.05) is 5.56 Å². The van der Waals surface area contributed by atoms with E-state index in [1.165, 1.54) is 12.1 Å². The van der Waals surface area contributed by atoms with E-state index in [1.807, 2.05) is 6.07 Å². The van der Waals surface area contributed by atoms with Gasteiger partial charge in [-0.15, -0.1) is 0 Å². The van der Waals surface area contributed by atoms with E-state index in [9.17, 15) is 8.78 Å². The monoisotopic (exact) mass is 326 g/mol. The normalized spacial score (nSPS) is 12.3. The van der Waals surface area contributed by atoms with E-state index in [4.69, 9.17) is 0 Å². The number of nitrogens with zero attached hydrogens (tertiary/aromatic N) is 1. The van der Waals surface area contributed by atoms with Crippen LogP contribution in [0.5, 0.6) is 0 Å². The topological polar surface area (TPSA) is 24.9 Å². The average molecular weight is 327 g/mol. The molecule has 2 nitrogen and oxygen atoms in total. The summed E-state index contributed by atoms with van der Waals surface area (Å²) in [7, 11) is 0. The lowest BCUT2D eigenvalue weighted by Gasteiger charge is -2.17. The first kappa shape index (κ1) is 13.9. The van der Waals surface area contributed by atoms with Crippen molar-refractivity contribution in [2.75, 3.05) is 5.32 Å². The average Bonchev–Trinajstić information content (AvgIpc) is 2.36. The summed E-state index contributed by atoms with van der Waals surface area (Å²) < 4.78 is 28.0. The summed E-state index contributed by atoms with van der Waals surface area (Å²) >= 11 is 3.24. The van der Waals surface area contributed by atoms with E-state index in [-0.39, 0.29) is 6.04 Å². The van der Waals surface area contributed by atoms with E-state index in [0.717, 1.165) is 10.3 Å². The molecule has 2 aromatic rings. The molecule has 1 atom stereocenters. The van der Waals surface area contributed by atoms with Crippen LogP contribution in [0.4, 0.5) is 14.5 Å². The minimum atomic E-state index is -0.413. The molecule has 5 heteroatoms. The van der Waals surface area contributed by atoms with Gasteiger partial charge in [-0.2, -0.15) is 0 Å². The minimum Gasteiger partial charge on any atom is -0.377 e. The van der Waals surface area contributed by atoms with Crippen molar-refractivity contribution in [3.05, 3.63) is 57.8 Å². The Morgan fingerprint density at radius 2 is 1.95 bits per heavy atom. The fourth-order valence-electron chi connectivity index (χ4n) is 1.78. The van der Waals surface area contributed by atoms with E-state index in [0.29, 0.717) is 11.1 Å². The number of pyridine rings is 1. The Morgan fingerprint density at radius 1 is 1.21 bits per heavy atom. The maximum atomic E-state index is 13.8. The van der Waals surface area contributed by atoms with Gasteiger partial charge in [0.1, 0.15) is 16.2 Å².